The third-order valence-corrected chi connectivity index (χ3v) is 21.6. The predicted octanol–water partition coefficient (Wildman–Crippen LogP) is 16.6. The molecule has 8 rings (SSSR count). The molecule has 0 aliphatic carbocycles. The van der Waals surface area contributed by atoms with Crippen LogP contribution in [0.15, 0.2) is 124 Å². The zero-order valence-electron chi connectivity index (χ0n) is 48.4. The van der Waals surface area contributed by atoms with Crippen molar-refractivity contribution in [3.63, 3.8) is 0 Å². The average molecular weight is 1240 g/mol. The number of ether oxygens (including phenoxy) is 1. The van der Waals surface area contributed by atoms with E-state index in [-0.39, 0.29) is 41.3 Å². The van der Waals surface area contributed by atoms with Crippen LogP contribution in [0.2, 0.25) is 5.02 Å². The van der Waals surface area contributed by atoms with Crippen molar-refractivity contribution < 1.29 is 63.1 Å². The molecule has 2 saturated heterocycles. The molecule has 9 nitrogen and oxygen atoms in total. The first-order valence-corrected chi connectivity index (χ1v) is 32.1. The number of amides is 3. The van der Waals surface area contributed by atoms with Gasteiger partial charge in [0.05, 0.1) is 27.9 Å². The number of hydrogen-bond acceptors (Lipinski definition) is 6. The highest BCUT2D eigenvalue weighted by molar-refractivity contribution is 7.95. The van der Waals surface area contributed by atoms with E-state index in [2.05, 4.69) is 12.2 Å². The van der Waals surface area contributed by atoms with Crippen LogP contribution in [0.5, 0.6) is 5.75 Å². The Hall–Kier alpha value is -6.39. The highest BCUT2D eigenvalue weighted by atomic mass is 35.5. The van der Waals surface area contributed by atoms with Crippen molar-refractivity contribution in [1.82, 2.24) is 9.80 Å². The SMILES string of the molecule is CCCCCCCCCCCCCC(=O)Nc1ccc(-c2cc(=O)oc3cc(O[C@H](C)C(=O)N4CCC5(CCN(C(=O)CCCCC[P+](c6ccc(C(F)(F)F)cc6)(c6ccc(C(F)(F)F)cc6)c6ccc(C(F)(F)F)cc6)C5)C4)ccc23)c(Cl)c1. The van der Waals surface area contributed by atoms with E-state index >= 15 is 0 Å². The summed E-state index contributed by atoms with van der Waals surface area (Å²) in [5, 5.41) is 4.84. The molecule has 1 unspecified atom stereocenters. The molecule has 462 valence electrons. The van der Waals surface area contributed by atoms with Gasteiger partial charge in [-0.2, -0.15) is 39.5 Å². The molecule has 0 bridgehead atoms. The van der Waals surface area contributed by atoms with Gasteiger partial charge in [0.1, 0.15) is 34.5 Å². The van der Waals surface area contributed by atoms with E-state index in [9.17, 15) is 58.7 Å². The zero-order valence-corrected chi connectivity index (χ0v) is 50.0. The van der Waals surface area contributed by atoms with Crippen molar-refractivity contribution in [2.24, 2.45) is 5.41 Å². The molecule has 1 N–H and O–H groups in total. The minimum atomic E-state index is -4.70. The van der Waals surface area contributed by atoms with E-state index in [1.165, 1.54) is 93.8 Å². The van der Waals surface area contributed by atoms with E-state index in [0.29, 0.717) is 114 Å². The van der Waals surface area contributed by atoms with Crippen LogP contribution in [-0.4, -0.2) is 66.0 Å². The molecule has 2 aliphatic heterocycles. The van der Waals surface area contributed by atoms with Gasteiger partial charge in [0, 0.05) is 78.8 Å². The first-order chi connectivity index (χ1) is 40.9. The lowest BCUT2D eigenvalue weighted by Gasteiger charge is -2.28. The predicted molar refractivity (Wildman–Crippen MR) is 321 cm³/mol. The van der Waals surface area contributed by atoms with Crippen LogP contribution >= 0.6 is 18.9 Å². The van der Waals surface area contributed by atoms with Gasteiger partial charge in [0.2, 0.25) is 11.8 Å². The number of nitrogens with one attached hydrogen (secondary N) is 1. The van der Waals surface area contributed by atoms with E-state index in [0.717, 1.165) is 55.7 Å². The molecule has 5 aromatic carbocycles. The van der Waals surface area contributed by atoms with Crippen molar-refractivity contribution in [2.45, 2.75) is 154 Å². The molecule has 2 aliphatic rings. The van der Waals surface area contributed by atoms with Crippen molar-refractivity contribution in [1.29, 1.82) is 0 Å². The summed E-state index contributed by atoms with van der Waals surface area (Å²) < 4.78 is 136. The largest absolute Gasteiger partial charge is 0.481 e. The van der Waals surface area contributed by atoms with Gasteiger partial charge in [-0.25, -0.2) is 4.79 Å². The van der Waals surface area contributed by atoms with E-state index in [4.69, 9.17) is 20.8 Å². The lowest BCUT2D eigenvalue weighted by molar-refractivity contribution is -0.138. The lowest BCUT2D eigenvalue weighted by atomic mass is 9.86. The Morgan fingerprint density at radius 3 is 1.62 bits per heavy atom. The normalized spacial score (nSPS) is 16.1. The number of carbonyl (C=O) groups is 3. The summed E-state index contributed by atoms with van der Waals surface area (Å²) in [5.74, 6) is -0.180. The molecule has 3 amide bonds. The number of likely N-dealkylation sites (tertiary alicyclic amines) is 2. The Morgan fingerprint density at radius 2 is 1.09 bits per heavy atom. The summed E-state index contributed by atoms with van der Waals surface area (Å²) in [6, 6.07) is 24.1. The monoisotopic (exact) mass is 1240 g/mol. The van der Waals surface area contributed by atoms with Crippen LogP contribution < -0.4 is 31.6 Å². The van der Waals surface area contributed by atoms with Crippen molar-refractivity contribution in [3.05, 3.63) is 147 Å². The molecule has 20 heteroatoms. The Balaban J connectivity index is 0.838. The van der Waals surface area contributed by atoms with Crippen molar-refractivity contribution in [2.75, 3.05) is 37.7 Å². The van der Waals surface area contributed by atoms with Gasteiger partial charge in [0.25, 0.3) is 5.91 Å². The third kappa shape index (κ3) is 16.6. The van der Waals surface area contributed by atoms with Gasteiger partial charge in [-0.3, -0.25) is 14.4 Å². The second kappa shape index (κ2) is 28.6. The van der Waals surface area contributed by atoms with Gasteiger partial charge in [0.15, 0.2) is 6.10 Å². The summed E-state index contributed by atoms with van der Waals surface area (Å²) in [7, 11) is -3.22. The lowest BCUT2D eigenvalue weighted by Crippen LogP contribution is -2.41. The average Bonchev–Trinajstić information content (AvgIpc) is 1.32. The second-order valence-electron chi connectivity index (χ2n) is 23.0. The topological polar surface area (TPSA) is 109 Å². The maximum absolute atomic E-state index is 13.9. The van der Waals surface area contributed by atoms with Crippen LogP contribution in [0, 0.1) is 5.41 Å². The maximum atomic E-state index is 13.9. The van der Waals surface area contributed by atoms with E-state index < -0.39 is 54.2 Å². The molecule has 0 radical (unpaired) electrons. The minimum absolute atomic E-state index is 0.0944. The number of benzene rings is 5. The minimum Gasteiger partial charge on any atom is -0.481 e. The van der Waals surface area contributed by atoms with Crippen molar-refractivity contribution in [3.8, 4) is 16.9 Å². The Kier molecular flexibility index (Phi) is 21.8. The smallest absolute Gasteiger partial charge is 0.416 e. The molecular weight excluding hydrogens is 1170 g/mol. The summed E-state index contributed by atoms with van der Waals surface area (Å²) >= 11 is 6.78. The number of halogens is 10. The number of nitrogens with zero attached hydrogens (tertiary/aromatic N) is 2. The zero-order chi connectivity index (χ0) is 61.9. The summed E-state index contributed by atoms with van der Waals surface area (Å²) in [5.41, 5.74) is -2.05. The van der Waals surface area contributed by atoms with Crippen LogP contribution in [0.25, 0.3) is 22.1 Å². The first kappa shape index (κ1) is 65.6. The van der Waals surface area contributed by atoms with Crippen LogP contribution in [-0.2, 0) is 32.9 Å². The van der Waals surface area contributed by atoms with Gasteiger partial charge in [-0.1, -0.05) is 88.8 Å². The fraction of sp³-hybridized carbons (Fsp3) is 0.455. The molecule has 1 aromatic heterocycles. The molecular formula is C66H73ClF9N3O6P+. The number of anilines is 1. The summed E-state index contributed by atoms with van der Waals surface area (Å²) in [6.07, 6.45) is 1.22. The number of unbranched alkanes of at least 4 members (excludes halogenated alkanes) is 12. The molecule has 6 aromatic rings. The standard InChI is InChI=1S/C66H72ClF9N3O6P/c1-3-4-5-6-7-8-9-10-11-12-14-17-59(80)77-49-25-33-54(57(67)40-49)56-42-61(82)85-58-41-50(26-34-55(56)58)84-45(2)62(83)79-38-36-63(44-79)35-37-78(43-63)60(81)18-15-13-16-39-86(51-27-19-46(20-28-51)64(68,69)70,52-29-21-47(22-30-52)65(71,72)73)53-31-23-48(24-32-53)66(74,75)76/h19-34,40-42,45H,3-18,35-39,43-44H2,1-2H3/p+1/t45-,63?/m1/s1. The Morgan fingerprint density at radius 1 is 0.605 bits per heavy atom. The molecule has 2 atom stereocenters. The van der Waals surface area contributed by atoms with Crippen LogP contribution in [0.1, 0.15) is 146 Å². The number of carbonyl (C=O) groups excluding carboxylic acids is 3. The van der Waals surface area contributed by atoms with Crippen molar-refractivity contribution >= 4 is 69.2 Å². The van der Waals surface area contributed by atoms with Crippen LogP contribution in [0.3, 0.4) is 0 Å². The number of fused-ring (bicyclic) bond motifs is 1. The van der Waals surface area contributed by atoms with Gasteiger partial charge in [-0.05, 0) is 143 Å². The molecule has 86 heavy (non-hydrogen) atoms. The Bertz CT molecular complexity index is 3200. The fourth-order valence-corrected chi connectivity index (χ4v) is 16.7. The van der Waals surface area contributed by atoms with Gasteiger partial charge in [-0.15, -0.1) is 0 Å². The van der Waals surface area contributed by atoms with Gasteiger partial charge >= 0.3 is 24.2 Å². The maximum Gasteiger partial charge on any atom is 0.416 e. The number of hydrogen-bond donors (Lipinski definition) is 1. The van der Waals surface area contributed by atoms with Crippen LogP contribution in [0.4, 0.5) is 45.2 Å². The van der Waals surface area contributed by atoms with E-state index in [1.807, 2.05) is 0 Å². The number of rotatable bonds is 26. The van der Waals surface area contributed by atoms with Gasteiger partial charge < -0.3 is 24.3 Å². The first-order valence-electron chi connectivity index (χ1n) is 29.7. The molecule has 2 fully saturated rings. The number of alkyl halides is 9. The molecule has 3 heterocycles. The highest BCUT2D eigenvalue weighted by Gasteiger charge is 2.48. The third-order valence-electron chi connectivity index (χ3n) is 16.8. The Labute approximate surface area is 501 Å². The highest BCUT2D eigenvalue weighted by Crippen LogP contribution is 2.57. The summed E-state index contributed by atoms with van der Waals surface area (Å²) in [4.78, 5) is 56.9. The fourth-order valence-electron chi connectivity index (χ4n) is 12.0. The quantitative estimate of drug-likeness (QED) is 0.0251. The van der Waals surface area contributed by atoms with E-state index in [1.54, 1.807) is 53.1 Å². The second-order valence-corrected chi connectivity index (χ2v) is 27.0. The molecule has 1 spiro atoms. The summed E-state index contributed by atoms with van der Waals surface area (Å²) in [6.45, 7) is 5.57. The molecule has 0 saturated carbocycles.